The van der Waals surface area contributed by atoms with E-state index in [0.717, 1.165) is 19.6 Å². The third-order valence-electron chi connectivity index (χ3n) is 2.64. The van der Waals surface area contributed by atoms with E-state index in [-0.39, 0.29) is 0 Å². The van der Waals surface area contributed by atoms with E-state index < -0.39 is 0 Å². The zero-order valence-electron chi connectivity index (χ0n) is 8.81. The van der Waals surface area contributed by atoms with Crippen LogP contribution >= 0.6 is 0 Å². The van der Waals surface area contributed by atoms with Gasteiger partial charge in [0.1, 0.15) is 0 Å². The molecule has 0 heterocycles. The highest BCUT2D eigenvalue weighted by atomic mass is 16.5. The van der Waals surface area contributed by atoms with Crippen molar-refractivity contribution in [2.24, 2.45) is 0 Å². The Morgan fingerprint density at radius 2 is 2.15 bits per heavy atom. The predicted molar refractivity (Wildman–Crippen MR) is 55.9 cm³/mol. The molecule has 1 N–H and O–H groups in total. The molecule has 0 aromatic rings. The van der Waals surface area contributed by atoms with Gasteiger partial charge in [0.15, 0.2) is 0 Å². The van der Waals surface area contributed by atoms with E-state index in [1.165, 1.54) is 18.4 Å². The van der Waals surface area contributed by atoms with Crippen LogP contribution < -0.4 is 5.32 Å². The SMILES string of the molecule is C=C(CC)CNC1CC(OCC)C1. The monoisotopic (exact) mass is 183 g/mol. The molecule has 1 rings (SSSR count). The van der Waals surface area contributed by atoms with E-state index in [1.807, 2.05) is 0 Å². The lowest BCUT2D eigenvalue weighted by molar-refractivity contribution is -0.00916. The van der Waals surface area contributed by atoms with Gasteiger partial charge in [0, 0.05) is 19.2 Å². The number of hydrogen-bond acceptors (Lipinski definition) is 2. The van der Waals surface area contributed by atoms with Gasteiger partial charge in [-0.3, -0.25) is 0 Å². The summed E-state index contributed by atoms with van der Waals surface area (Å²) in [5.74, 6) is 0. The summed E-state index contributed by atoms with van der Waals surface area (Å²) in [6.07, 6.45) is 3.93. The van der Waals surface area contributed by atoms with Crippen LogP contribution in [0.5, 0.6) is 0 Å². The van der Waals surface area contributed by atoms with Crippen LogP contribution in [0, 0.1) is 0 Å². The molecule has 1 saturated carbocycles. The second-order valence-electron chi connectivity index (χ2n) is 3.73. The van der Waals surface area contributed by atoms with Gasteiger partial charge in [-0.25, -0.2) is 0 Å². The summed E-state index contributed by atoms with van der Waals surface area (Å²) in [5.41, 5.74) is 1.29. The normalized spacial score (nSPS) is 26.9. The lowest BCUT2D eigenvalue weighted by Gasteiger charge is -2.35. The zero-order valence-corrected chi connectivity index (χ0v) is 8.81. The van der Waals surface area contributed by atoms with E-state index in [4.69, 9.17) is 4.74 Å². The molecule has 0 amide bonds. The summed E-state index contributed by atoms with van der Waals surface area (Å²) in [5, 5.41) is 3.48. The molecule has 1 aliphatic carbocycles. The molecular weight excluding hydrogens is 162 g/mol. The summed E-state index contributed by atoms with van der Waals surface area (Å²) in [7, 11) is 0. The Labute approximate surface area is 81.4 Å². The molecule has 0 unspecified atom stereocenters. The van der Waals surface area contributed by atoms with E-state index in [9.17, 15) is 0 Å². The largest absolute Gasteiger partial charge is 0.378 e. The highest BCUT2D eigenvalue weighted by molar-refractivity contribution is 4.97. The van der Waals surface area contributed by atoms with E-state index in [1.54, 1.807) is 0 Å². The van der Waals surface area contributed by atoms with Crippen LogP contribution in [0.1, 0.15) is 33.1 Å². The maximum absolute atomic E-state index is 5.48. The Bertz CT molecular complexity index is 161. The minimum Gasteiger partial charge on any atom is -0.378 e. The smallest absolute Gasteiger partial charge is 0.0604 e. The fourth-order valence-electron chi connectivity index (χ4n) is 1.52. The fraction of sp³-hybridized carbons (Fsp3) is 0.818. The second-order valence-corrected chi connectivity index (χ2v) is 3.73. The van der Waals surface area contributed by atoms with Crippen LogP contribution in [0.2, 0.25) is 0 Å². The fourth-order valence-corrected chi connectivity index (χ4v) is 1.52. The summed E-state index contributed by atoms with van der Waals surface area (Å²) in [4.78, 5) is 0. The standard InChI is InChI=1S/C11H21NO/c1-4-9(3)8-12-10-6-11(7-10)13-5-2/h10-12H,3-8H2,1-2H3. The molecule has 0 aromatic carbocycles. The number of ether oxygens (including phenoxy) is 1. The third kappa shape index (κ3) is 3.49. The molecule has 1 aliphatic rings. The first-order chi connectivity index (χ1) is 6.26. The molecule has 1 fully saturated rings. The first kappa shape index (κ1) is 10.7. The summed E-state index contributed by atoms with van der Waals surface area (Å²) < 4.78 is 5.48. The number of rotatable bonds is 6. The predicted octanol–water partition coefficient (Wildman–Crippen LogP) is 2.11. The van der Waals surface area contributed by atoms with Crippen molar-refractivity contribution in [3.05, 3.63) is 12.2 Å². The van der Waals surface area contributed by atoms with Crippen LogP contribution in [-0.2, 0) is 4.74 Å². The van der Waals surface area contributed by atoms with Crippen LogP contribution in [0.25, 0.3) is 0 Å². The molecule has 0 radical (unpaired) electrons. The van der Waals surface area contributed by atoms with Gasteiger partial charge in [0.2, 0.25) is 0 Å². The molecule has 0 aromatic heterocycles. The minimum absolute atomic E-state index is 0.511. The Morgan fingerprint density at radius 1 is 1.46 bits per heavy atom. The van der Waals surface area contributed by atoms with Gasteiger partial charge in [-0.2, -0.15) is 0 Å². The minimum atomic E-state index is 0.511. The maximum Gasteiger partial charge on any atom is 0.0604 e. The first-order valence-corrected chi connectivity index (χ1v) is 5.27. The van der Waals surface area contributed by atoms with Crippen molar-refractivity contribution in [1.82, 2.24) is 5.32 Å². The molecule has 0 spiro atoms. The Hall–Kier alpha value is -0.340. The van der Waals surface area contributed by atoms with Crippen molar-refractivity contribution >= 4 is 0 Å². The van der Waals surface area contributed by atoms with Gasteiger partial charge in [-0.1, -0.05) is 19.1 Å². The topological polar surface area (TPSA) is 21.3 Å². The first-order valence-electron chi connectivity index (χ1n) is 5.27. The van der Waals surface area contributed by atoms with Gasteiger partial charge < -0.3 is 10.1 Å². The maximum atomic E-state index is 5.48. The van der Waals surface area contributed by atoms with E-state index in [2.05, 4.69) is 25.7 Å². The third-order valence-corrected chi connectivity index (χ3v) is 2.64. The summed E-state index contributed by atoms with van der Waals surface area (Å²) >= 11 is 0. The average molecular weight is 183 g/mol. The van der Waals surface area contributed by atoms with Crippen molar-refractivity contribution in [3.63, 3.8) is 0 Å². The Morgan fingerprint density at radius 3 is 2.69 bits per heavy atom. The van der Waals surface area contributed by atoms with Crippen molar-refractivity contribution in [1.29, 1.82) is 0 Å². The molecular formula is C11H21NO. The molecule has 0 saturated heterocycles. The Kier molecular flexibility index (Phi) is 4.46. The molecule has 0 bridgehead atoms. The lowest BCUT2D eigenvalue weighted by Crippen LogP contribution is -2.45. The molecule has 2 heteroatoms. The van der Waals surface area contributed by atoms with E-state index in [0.29, 0.717) is 12.1 Å². The average Bonchev–Trinajstić information content (AvgIpc) is 2.08. The van der Waals surface area contributed by atoms with Crippen molar-refractivity contribution < 1.29 is 4.74 Å². The molecule has 2 nitrogen and oxygen atoms in total. The van der Waals surface area contributed by atoms with Crippen LogP contribution in [0.3, 0.4) is 0 Å². The van der Waals surface area contributed by atoms with Crippen LogP contribution in [0.15, 0.2) is 12.2 Å². The quantitative estimate of drug-likeness (QED) is 0.637. The summed E-state index contributed by atoms with van der Waals surface area (Å²) in [6, 6.07) is 0.667. The second kappa shape index (κ2) is 5.40. The number of hydrogen-bond donors (Lipinski definition) is 1. The van der Waals surface area contributed by atoms with Crippen LogP contribution in [-0.4, -0.2) is 25.3 Å². The summed E-state index contributed by atoms with van der Waals surface area (Å²) in [6.45, 7) is 9.99. The molecule has 13 heavy (non-hydrogen) atoms. The van der Waals surface area contributed by atoms with Gasteiger partial charge in [0.05, 0.1) is 6.10 Å². The number of nitrogens with one attached hydrogen (secondary N) is 1. The van der Waals surface area contributed by atoms with Gasteiger partial charge in [-0.05, 0) is 26.2 Å². The van der Waals surface area contributed by atoms with Gasteiger partial charge >= 0.3 is 0 Å². The lowest BCUT2D eigenvalue weighted by atomic mass is 9.89. The van der Waals surface area contributed by atoms with Gasteiger partial charge in [-0.15, -0.1) is 0 Å². The molecule has 0 atom stereocenters. The zero-order chi connectivity index (χ0) is 9.68. The van der Waals surface area contributed by atoms with Crippen molar-refractivity contribution in [3.8, 4) is 0 Å². The van der Waals surface area contributed by atoms with E-state index >= 15 is 0 Å². The van der Waals surface area contributed by atoms with Gasteiger partial charge in [0.25, 0.3) is 0 Å². The van der Waals surface area contributed by atoms with Crippen LogP contribution in [0.4, 0.5) is 0 Å². The van der Waals surface area contributed by atoms with Crippen molar-refractivity contribution in [2.45, 2.75) is 45.3 Å². The highest BCUT2D eigenvalue weighted by Gasteiger charge is 2.28. The highest BCUT2D eigenvalue weighted by Crippen LogP contribution is 2.23. The Balaban J connectivity index is 1.98. The molecule has 76 valence electrons. The van der Waals surface area contributed by atoms with Crippen molar-refractivity contribution in [2.75, 3.05) is 13.2 Å². The molecule has 0 aliphatic heterocycles.